The minimum Gasteiger partial charge on any atom is -0.274 e. The molecule has 1 aromatic rings. The molecule has 0 aliphatic carbocycles. The SMILES string of the molecule is CC(=O)N(C(C)=O)c1c(C)cncc1Br. The number of hydrogen-bond donors (Lipinski definition) is 0. The third-order valence-corrected chi connectivity index (χ3v) is 2.49. The summed E-state index contributed by atoms with van der Waals surface area (Å²) in [5.41, 5.74) is 1.33. The van der Waals surface area contributed by atoms with Gasteiger partial charge in [-0.15, -0.1) is 0 Å². The lowest BCUT2D eigenvalue weighted by atomic mass is 10.2. The van der Waals surface area contributed by atoms with E-state index in [1.54, 1.807) is 19.3 Å². The monoisotopic (exact) mass is 270 g/mol. The third kappa shape index (κ3) is 2.41. The van der Waals surface area contributed by atoms with Gasteiger partial charge < -0.3 is 0 Å². The second-order valence-corrected chi connectivity index (χ2v) is 4.01. The van der Waals surface area contributed by atoms with Gasteiger partial charge in [-0.25, -0.2) is 4.90 Å². The highest BCUT2D eigenvalue weighted by Gasteiger charge is 2.20. The van der Waals surface area contributed by atoms with Crippen LogP contribution in [0.25, 0.3) is 0 Å². The maximum atomic E-state index is 11.4. The maximum Gasteiger partial charge on any atom is 0.230 e. The summed E-state index contributed by atoms with van der Waals surface area (Å²) in [6, 6.07) is 0. The zero-order chi connectivity index (χ0) is 11.6. The van der Waals surface area contributed by atoms with Crippen molar-refractivity contribution >= 4 is 33.4 Å². The summed E-state index contributed by atoms with van der Waals surface area (Å²) in [4.78, 5) is 27.8. The van der Waals surface area contributed by atoms with Crippen molar-refractivity contribution in [1.29, 1.82) is 0 Å². The van der Waals surface area contributed by atoms with Gasteiger partial charge in [-0.2, -0.15) is 0 Å². The Labute approximate surface area is 96.4 Å². The topological polar surface area (TPSA) is 50.3 Å². The normalized spacial score (nSPS) is 9.87. The predicted molar refractivity (Wildman–Crippen MR) is 60.5 cm³/mol. The molecular weight excluding hydrogens is 260 g/mol. The number of pyridine rings is 1. The van der Waals surface area contributed by atoms with E-state index in [4.69, 9.17) is 0 Å². The fourth-order valence-electron chi connectivity index (χ4n) is 1.34. The summed E-state index contributed by atoms with van der Waals surface area (Å²) in [7, 11) is 0. The molecule has 0 unspecified atom stereocenters. The first-order valence-corrected chi connectivity index (χ1v) is 5.15. The Kier molecular flexibility index (Phi) is 3.57. The third-order valence-electron chi connectivity index (χ3n) is 1.91. The highest BCUT2D eigenvalue weighted by atomic mass is 79.9. The van der Waals surface area contributed by atoms with E-state index in [2.05, 4.69) is 20.9 Å². The molecule has 0 atom stereocenters. The minimum atomic E-state index is -0.308. The standard InChI is InChI=1S/C10H11BrN2O2/c1-6-4-12-5-9(11)10(6)13(7(2)14)8(3)15/h4-5H,1-3H3. The second kappa shape index (κ2) is 4.53. The number of halogens is 1. The van der Waals surface area contributed by atoms with Crippen molar-refractivity contribution in [2.24, 2.45) is 0 Å². The van der Waals surface area contributed by atoms with Crippen molar-refractivity contribution in [2.75, 3.05) is 4.90 Å². The molecule has 0 aromatic carbocycles. The maximum absolute atomic E-state index is 11.4. The molecule has 80 valence electrons. The van der Waals surface area contributed by atoms with Crippen LogP contribution in [0.1, 0.15) is 19.4 Å². The Morgan fingerprint density at radius 2 is 1.80 bits per heavy atom. The average molecular weight is 271 g/mol. The Morgan fingerprint density at radius 1 is 1.27 bits per heavy atom. The number of imide groups is 1. The lowest BCUT2D eigenvalue weighted by Crippen LogP contribution is -2.34. The number of aromatic nitrogens is 1. The number of carbonyl (C=O) groups excluding carboxylic acids is 2. The number of amides is 2. The van der Waals surface area contributed by atoms with Gasteiger partial charge in [0.05, 0.1) is 10.2 Å². The number of anilines is 1. The van der Waals surface area contributed by atoms with Gasteiger partial charge in [0.2, 0.25) is 11.8 Å². The Morgan fingerprint density at radius 3 is 2.20 bits per heavy atom. The van der Waals surface area contributed by atoms with Gasteiger partial charge in [-0.1, -0.05) is 0 Å². The van der Waals surface area contributed by atoms with E-state index in [9.17, 15) is 9.59 Å². The first-order valence-electron chi connectivity index (χ1n) is 4.36. The second-order valence-electron chi connectivity index (χ2n) is 3.16. The lowest BCUT2D eigenvalue weighted by Gasteiger charge is -2.20. The molecule has 2 amide bonds. The van der Waals surface area contributed by atoms with Crippen LogP contribution in [0.3, 0.4) is 0 Å². The summed E-state index contributed by atoms with van der Waals surface area (Å²) in [6.45, 7) is 4.51. The smallest absolute Gasteiger partial charge is 0.230 e. The summed E-state index contributed by atoms with van der Waals surface area (Å²) in [5, 5.41) is 0. The van der Waals surface area contributed by atoms with Crippen LogP contribution in [0.15, 0.2) is 16.9 Å². The fraction of sp³-hybridized carbons (Fsp3) is 0.300. The van der Waals surface area contributed by atoms with Crippen molar-refractivity contribution < 1.29 is 9.59 Å². The zero-order valence-electron chi connectivity index (χ0n) is 8.74. The van der Waals surface area contributed by atoms with Crippen LogP contribution in [0.5, 0.6) is 0 Å². The van der Waals surface area contributed by atoms with E-state index in [1.165, 1.54) is 13.8 Å². The van der Waals surface area contributed by atoms with Gasteiger partial charge in [-0.3, -0.25) is 14.6 Å². The van der Waals surface area contributed by atoms with Crippen molar-refractivity contribution in [1.82, 2.24) is 4.98 Å². The molecule has 15 heavy (non-hydrogen) atoms. The molecular formula is C10H11BrN2O2. The molecule has 0 radical (unpaired) electrons. The molecule has 0 spiro atoms. The number of aryl methyl sites for hydroxylation is 1. The van der Waals surface area contributed by atoms with Crippen LogP contribution in [-0.2, 0) is 9.59 Å². The number of nitrogens with zero attached hydrogens (tertiary/aromatic N) is 2. The quantitative estimate of drug-likeness (QED) is 0.785. The average Bonchev–Trinajstić information content (AvgIpc) is 2.09. The van der Waals surface area contributed by atoms with E-state index in [-0.39, 0.29) is 11.8 Å². The molecule has 4 nitrogen and oxygen atoms in total. The zero-order valence-corrected chi connectivity index (χ0v) is 10.3. The molecule has 0 aliphatic heterocycles. The molecule has 0 bridgehead atoms. The summed E-state index contributed by atoms with van der Waals surface area (Å²) >= 11 is 3.28. The van der Waals surface area contributed by atoms with Crippen molar-refractivity contribution in [2.45, 2.75) is 20.8 Å². The van der Waals surface area contributed by atoms with Crippen LogP contribution < -0.4 is 4.90 Å². The predicted octanol–water partition coefficient (Wildman–Crippen LogP) is 2.05. The highest BCUT2D eigenvalue weighted by Crippen LogP contribution is 2.28. The summed E-state index contributed by atoms with van der Waals surface area (Å²) < 4.78 is 0.632. The molecule has 1 aromatic heterocycles. The molecule has 0 saturated carbocycles. The molecule has 0 fully saturated rings. The number of carbonyl (C=O) groups is 2. The summed E-state index contributed by atoms with van der Waals surface area (Å²) in [5.74, 6) is -0.616. The molecule has 1 heterocycles. The van der Waals surface area contributed by atoms with E-state index in [0.29, 0.717) is 10.2 Å². The molecule has 0 saturated heterocycles. The van der Waals surface area contributed by atoms with E-state index in [0.717, 1.165) is 10.5 Å². The van der Waals surface area contributed by atoms with Gasteiger partial charge in [0.25, 0.3) is 0 Å². The van der Waals surface area contributed by atoms with Gasteiger partial charge in [0.1, 0.15) is 0 Å². The van der Waals surface area contributed by atoms with Crippen LogP contribution in [0, 0.1) is 6.92 Å². The highest BCUT2D eigenvalue weighted by molar-refractivity contribution is 9.10. The Balaban J connectivity index is 3.35. The Hall–Kier alpha value is -1.23. The molecule has 1 rings (SSSR count). The van der Waals surface area contributed by atoms with Crippen LogP contribution >= 0.6 is 15.9 Å². The van der Waals surface area contributed by atoms with Gasteiger partial charge in [0.15, 0.2) is 0 Å². The van der Waals surface area contributed by atoms with Gasteiger partial charge in [0, 0.05) is 26.2 Å². The van der Waals surface area contributed by atoms with Crippen molar-refractivity contribution in [3.8, 4) is 0 Å². The van der Waals surface area contributed by atoms with Gasteiger partial charge in [-0.05, 0) is 28.4 Å². The first-order chi connectivity index (χ1) is 6.95. The van der Waals surface area contributed by atoms with Crippen LogP contribution in [-0.4, -0.2) is 16.8 Å². The minimum absolute atomic E-state index is 0.308. The molecule has 0 N–H and O–H groups in total. The summed E-state index contributed by atoms with van der Waals surface area (Å²) in [6.07, 6.45) is 3.17. The number of rotatable bonds is 1. The van der Waals surface area contributed by atoms with Gasteiger partial charge >= 0.3 is 0 Å². The molecule has 0 aliphatic rings. The molecule has 5 heteroatoms. The fourth-order valence-corrected chi connectivity index (χ4v) is 1.95. The van der Waals surface area contributed by atoms with Crippen LogP contribution in [0.4, 0.5) is 5.69 Å². The first kappa shape index (κ1) is 11.8. The van der Waals surface area contributed by atoms with Crippen molar-refractivity contribution in [3.63, 3.8) is 0 Å². The van der Waals surface area contributed by atoms with Crippen molar-refractivity contribution in [3.05, 3.63) is 22.4 Å². The van der Waals surface area contributed by atoms with Crippen LogP contribution in [0.2, 0.25) is 0 Å². The van der Waals surface area contributed by atoms with E-state index >= 15 is 0 Å². The van der Waals surface area contributed by atoms with E-state index in [1.807, 2.05) is 0 Å². The van der Waals surface area contributed by atoms with E-state index < -0.39 is 0 Å². The Bertz CT molecular complexity index is 384. The number of hydrogen-bond acceptors (Lipinski definition) is 3. The lowest BCUT2D eigenvalue weighted by molar-refractivity contribution is -0.124. The largest absolute Gasteiger partial charge is 0.274 e.